The molecule has 6 nitrogen and oxygen atoms in total. The highest BCUT2D eigenvalue weighted by atomic mass is 16.5. The third kappa shape index (κ3) is 4.72. The summed E-state index contributed by atoms with van der Waals surface area (Å²) in [5.41, 5.74) is -0.464. The second-order valence-corrected chi connectivity index (χ2v) is 6.22. The molecule has 0 radical (unpaired) electrons. The molecule has 0 aromatic heterocycles. The largest absolute Gasteiger partial charge is 0.491 e. The van der Waals surface area contributed by atoms with E-state index in [2.05, 4.69) is 11.4 Å². The molecule has 1 aromatic carbocycles. The first-order valence-corrected chi connectivity index (χ1v) is 8.10. The highest BCUT2D eigenvalue weighted by Gasteiger charge is 2.35. The van der Waals surface area contributed by atoms with Gasteiger partial charge in [-0.05, 0) is 63.8 Å². The molecule has 0 aliphatic heterocycles. The first-order valence-electron chi connectivity index (χ1n) is 8.10. The molecule has 1 saturated carbocycles. The van der Waals surface area contributed by atoms with Crippen molar-refractivity contribution in [1.82, 2.24) is 5.32 Å². The predicted molar refractivity (Wildman–Crippen MR) is 87.4 cm³/mol. The van der Waals surface area contributed by atoms with Gasteiger partial charge in [-0.1, -0.05) is 0 Å². The van der Waals surface area contributed by atoms with Crippen LogP contribution in [0.4, 0.5) is 0 Å². The maximum Gasteiger partial charge on any atom is 0.338 e. The number of benzene rings is 1. The van der Waals surface area contributed by atoms with Crippen molar-refractivity contribution in [2.24, 2.45) is 0 Å². The number of hydrogen-bond acceptors (Lipinski definition) is 5. The minimum absolute atomic E-state index is 0.0505. The molecule has 1 aliphatic rings. The molecule has 6 heteroatoms. The molecule has 128 valence electrons. The average molecular weight is 330 g/mol. The van der Waals surface area contributed by atoms with Gasteiger partial charge in [-0.25, -0.2) is 4.79 Å². The minimum atomic E-state index is -0.806. The fourth-order valence-electron chi connectivity index (χ4n) is 2.70. The highest BCUT2D eigenvalue weighted by molar-refractivity contribution is 5.91. The van der Waals surface area contributed by atoms with E-state index in [-0.39, 0.29) is 6.10 Å². The molecular weight excluding hydrogens is 308 g/mol. The molecule has 0 spiro atoms. The third-order valence-corrected chi connectivity index (χ3v) is 3.85. The summed E-state index contributed by atoms with van der Waals surface area (Å²) in [5, 5.41) is 11.9. The van der Waals surface area contributed by atoms with Crippen LogP contribution in [-0.2, 0) is 9.53 Å². The lowest BCUT2D eigenvalue weighted by Gasteiger charge is -2.21. The van der Waals surface area contributed by atoms with Gasteiger partial charge in [0.1, 0.15) is 11.3 Å². The second-order valence-electron chi connectivity index (χ2n) is 6.22. The number of hydrogen-bond donors (Lipinski definition) is 1. The van der Waals surface area contributed by atoms with Crippen molar-refractivity contribution >= 4 is 11.9 Å². The van der Waals surface area contributed by atoms with Gasteiger partial charge in [-0.2, -0.15) is 5.26 Å². The minimum Gasteiger partial charge on any atom is -0.491 e. The molecule has 0 saturated heterocycles. The number of esters is 1. The summed E-state index contributed by atoms with van der Waals surface area (Å²) < 4.78 is 10.5. The fraction of sp³-hybridized carbons (Fsp3) is 0.500. The molecule has 1 N–H and O–H groups in total. The zero-order chi connectivity index (χ0) is 17.6. The normalized spacial score (nSPS) is 15.6. The fourth-order valence-corrected chi connectivity index (χ4v) is 2.70. The van der Waals surface area contributed by atoms with E-state index in [4.69, 9.17) is 9.47 Å². The van der Waals surface area contributed by atoms with Gasteiger partial charge < -0.3 is 14.8 Å². The van der Waals surface area contributed by atoms with Crippen LogP contribution < -0.4 is 10.1 Å². The quantitative estimate of drug-likeness (QED) is 0.810. The van der Waals surface area contributed by atoms with Gasteiger partial charge in [0.05, 0.1) is 17.7 Å². The lowest BCUT2D eigenvalue weighted by Crippen LogP contribution is -2.46. The van der Waals surface area contributed by atoms with Crippen LogP contribution in [-0.4, -0.2) is 30.1 Å². The Morgan fingerprint density at radius 3 is 2.42 bits per heavy atom. The number of nitrogens with zero attached hydrogens (tertiary/aromatic N) is 1. The van der Waals surface area contributed by atoms with E-state index < -0.39 is 24.0 Å². The first kappa shape index (κ1) is 17.8. The summed E-state index contributed by atoms with van der Waals surface area (Å²) in [5.74, 6) is -0.373. The van der Waals surface area contributed by atoms with E-state index in [1.165, 1.54) is 0 Å². The van der Waals surface area contributed by atoms with Crippen LogP contribution in [0.5, 0.6) is 5.75 Å². The van der Waals surface area contributed by atoms with Crippen LogP contribution in [0, 0.1) is 11.3 Å². The van der Waals surface area contributed by atoms with E-state index in [9.17, 15) is 14.9 Å². The molecule has 0 atom stereocenters. The Kier molecular flexibility index (Phi) is 5.80. The summed E-state index contributed by atoms with van der Waals surface area (Å²) in [6.07, 6.45) is 3.16. The Morgan fingerprint density at radius 1 is 1.25 bits per heavy atom. The van der Waals surface area contributed by atoms with Crippen molar-refractivity contribution in [1.29, 1.82) is 5.26 Å². The number of amides is 1. The van der Waals surface area contributed by atoms with Crippen LogP contribution >= 0.6 is 0 Å². The molecule has 1 aliphatic carbocycles. The molecule has 1 fully saturated rings. The zero-order valence-corrected chi connectivity index (χ0v) is 14.0. The van der Waals surface area contributed by atoms with Gasteiger partial charge in [0.2, 0.25) is 0 Å². The topological polar surface area (TPSA) is 88.4 Å². The molecular formula is C18H22N2O4. The van der Waals surface area contributed by atoms with Crippen molar-refractivity contribution in [2.75, 3.05) is 6.61 Å². The third-order valence-electron chi connectivity index (χ3n) is 3.85. The molecule has 0 unspecified atom stereocenters. The first-order chi connectivity index (χ1) is 11.4. The number of nitriles is 1. The number of carbonyl (C=O) groups excluding carboxylic acids is 2. The van der Waals surface area contributed by atoms with E-state index in [0.717, 1.165) is 12.8 Å². The highest BCUT2D eigenvalue weighted by Crippen LogP contribution is 2.28. The second kappa shape index (κ2) is 7.82. The van der Waals surface area contributed by atoms with Crippen molar-refractivity contribution in [3.63, 3.8) is 0 Å². The standard InChI is InChI=1S/C18H22N2O4/c1-13(2)24-15-7-5-14(6-8-15)17(22)23-11-16(21)20-18(12-19)9-3-4-10-18/h5-8,13H,3-4,9-11H2,1-2H3,(H,20,21). The summed E-state index contributed by atoms with van der Waals surface area (Å²) >= 11 is 0. The van der Waals surface area contributed by atoms with Crippen molar-refractivity contribution in [3.05, 3.63) is 29.8 Å². The Hall–Kier alpha value is -2.55. The Labute approximate surface area is 141 Å². The summed E-state index contributed by atoms with van der Waals surface area (Å²) in [6.45, 7) is 3.44. The van der Waals surface area contributed by atoms with Gasteiger partial charge in [-0.15, -0.1) is 0 Å². The van der Waals surface area contributed by atoms with E-state index in [1.54, 1.807) is 24.3 Å². The van der Waals surface area contributed by atoms with Crippen LogP contribution in [0.15, 0.2) is 24.3 Å². The van der Waals surface area contributed by atoms with E-state index in [1.807, 2.05) is 13.8 Å². The Bertz CT molecular complexity index is 625. The van der Waals surface area contributed by atoms with Gasteiger partial charge in [0.25, 0.3) is 5.91 Å². The monoisotopic (exact) mass is 330 g/mol. The molecule has 0 bridgehead atoms. The van der Waals surface area contributed by atoms with Gasteiger partial charge >= 0.3 is 5.97 Å². The number of nitrogens with one attached hydrogen (secondary N) is 1. The van der Waals surface area contributed by atoms with Gasteiger partial charge in [0.15, 0.2) is 6.61 Å². The maximum absolute atomic E-state index is 12.0. The van der Waals surface area contributed by atoms with Crippen LogP contribution in [0.25, 0.3) is 0 Å². The molecule has 24 heavy (non-hydrogen) atoms. The number of rotatable bonds is 6. The summed E-state index contributed by atoms with van der Waals surface area (Å²) in [7, 11) is 0. The smallest absolute Gasteiger partial charge is 0.338 e. The van der Waals surface area contributed by atoms with E-state index >= 15 is 0 Å². The summed E-state index contributed by atoms with van der Waals surface area (Å²) in [6, 6.07) is 8.70. The van der Waals surface area contributed by atoms with Gasteiger partial charge in [-0.3, -0.25) is 4.79 Å². The average Bonchev–Trinajstić information content (AvgIpc) is 3.02. The van der Waals surface area contributed by atoms with Gasteiger partial charge in [0, 0.05) is 0 Å². The number of carbonyl (C=O) groups is 2. The Morgan fingerprint density at radius 2 is 1.88 bits per heavy atom. The Balaban J connectivity index is 1.84. The predicted octanol–water partition coefficient (Wildman–Crippen LogP) is 2.58. The zero-order valence-electron chi connectivity index (χ0n) is 14.0. The number of ether oxygens (including phenoxy) is 2. The van der Waals surface area contributed by atoms with Crippen LogP contribution in [0.1, 0.15) is 49.9 Å². The summed E-state index contributed by atoms with van der Waals surface area (Å²) in [4.78, 5) is 23.9. The molecule has 1 amide bonds. The molecule has 0 heterocycles. The lowest BCUT2D eigenvalue weighted by atomic mass is 10.00. The molecule has 2 rings (SSSR count). The van der Waals surface area contributed by atoms with Crippen molar-refractivity contribution in [2.45, 2.75) is 51.2 Å². The van der Waals surface area contributed by atoms with Crippen LogP contribution in [0.2, 0.25) is 0 Å². The van der Waals surface area contributed by atoms with Crippen molar-refractivity contribution in [3.8, 4) is 11.8 Å². The van der Waals surface area contributed by atoms with Crippen LogP contribution in [0.3, 0.4) is 0 Å². The lowest BCUT2D eigenvalue weighted by molar-refractivity contribution is -0.125. The SMILES string of the molecule is CC(C)Oc1ccc(C(=O)OCC(=O)NC2(C#N)CCCC2)cc1. The molecule has 1 aromatic rings. The van der Waals surface area contributed by atoms with E-state index in [0.29, 0.717) is 24.2 Å². The maximum atomic E-state index is 12.0. The van der Waals surface area contributed by atoms with Crippen molar-refractivity contribution < 1.29 is 19.1 Å².